The summed E-state index contributed by atoms with van der Waals surface area (Å²) in [7, 11) is 0. The van der Waals surface area contributed by atoms with E-state index in [4.69, 9.17) is 9.52 Å². The molecule has 5 nitrogen and oxygen atoms in total. The maximum Gasteiger partial charge on any atom is 0.371 e. The van der Waals surface area contributed by atoms with Gasteiger partial charge in [0.2, 0.25) is 5.76 Å². The molecule has 6 heteroatoms. The van der Waals surface area contributed by atoms with E-state index >= 15 is 0 Å². The predicted molar refractivity (Wildman–Crippen MR) is 78.5 cm³/mol. The highest BCUT2D eigenvalue weighted by molar-refractivity contribution is 7.99. The number of rotatable bonds is 7. The molecule has 1 atom stereocenters. The fraction of sp³-hybridized carbons (Fsp3) is 0.200. The number of carboxylic acids is 2. The largest absolute Gasteiger partial charge is 0.480 e. The lowest BCUT2D eigenvalue weighted by Gasteiger charge is -2.11. The van der Waals surface area contributed by atoms with Gasteiger partial charge in [-0.05, 0) is 24.1 Å². The summed E-state index contributed by atoms with van der Waals surface area (Å²) in [6.07, 6.45) is 0.410. The SMILES string of the molecule is O=C(O)c1ccc(CSC(Cc2ccccc2)C(=O)O)o1. The Morgan fingerprint density at radius 2 is 1.81 bits per heavy atom. The number of aromatic carboxylic acids is 1. The van der Waals surface area contributed by atoms with Crippen LogP contribution in [0.25, 0.3) is 0 Å². The average Bonchev–Trinajstić information content (AvgIpc) is 2.93. The second-order valence-electron chi connectivity index (χ2n) is 4.40. The zero-order valence-corrected chi connectivity index (χ0v) is 11.9. The molecule has 2 aromatic rings. The van der Waals surface area contributed by atoms with E-state index in [0.29, 0.717) is 17.9 Å². The summed E-state index contributed by atoms with van der Waals surface area (Å²) in [5.74, 6) is -1.40. The molecule has 2 rings (SSSR count). The van der Waals surface area contributed by atoms with Gasteiger partial charge in [0.05, 0.1) is 5.75 Å². The summed E-state index contributed by atoms with van der Waals surface area (Å²) in [4.78, 5) is 22.0. The Morgan fingerprint density at radius 1 is 1.10 bits per heavy atom. The van der Waals surface area contributed by atoms with Crippen LogP contribution < -0.4 is 0 Å². The van der Waals surface area contributed by atoms with Gasteiger partial charge in [-0.25, -0.2) is 4.79 Å². The highest BCUT2D eigenvalue weighted by Gasteiger charge is 2.19. The minimum absolute atomic E-state index is 0.138. The summed E-state index contributed by atoms with van der Waals surface area (Å²) < 4.78 is 5.11. The first-order chi connectivity index (χ1) is 10.1. The van der Waals surface area contributed by atoms with Crippen molar-refractivity contribution >= 4 is 23.7 Å². The van der Waals surface area contributed by atoms with Crippen molar-refractivity contribution in [2.75, 3.05) is 0 Å². The van der Waals surface area contributed by atoms with Crippen molar-refractivity contribution in [2.24, 2.45) is 0 Å². The second-order valence-corrected chi connectivity index (χ2v) is 5.59. The van der Waals surface area contributed by atoms with E-state index in [1.165, 1.54) is 17.8 Å². The van der Waals surface area contributed by atoms with E-state index in [0.717, 1.165) is 5.56 Å². The zero-order valence-electron chi connectivity index (χ0n) is 11.1. The van der Waals surface area contributed by atoms with Gasteiger partial charge in [0.1, 0.15) is 11.0 Å². The van der Waals surface area contributed by atoms with Crippen molar-refractivity contribution in [1.29, 1.82) is 0 Å². The molecule has 1 heterocycles. The minimum atomic E-state index is -1.13. The summed E-state index contributed by atoms with van der Waals surface area (Å²) in [6.45, 7) is 0. The Labute approximate surface area is 125 Å². The number of carboxylic acid groups (broad SMARTS) is 2. The minimum Gasteiger partial charge on any atom is -0.480 e. The Hall–Kier alpha value is -2.21. The molecule has 0 aliphatic rings. The van der Waals surface area contributed by atoms with Crippen LogP contribution in [0.2, 0.25) is 0 Å². The zero-order chi connectivity index (χ0) is 15.2. The van der Waals surface area contributed by atoms with Gasteiger partial charge in [-0.15, -0.1) is 11.8 Å². The number of aliphatic carboxylic acids is 1. The van der Waals surface area contributed by atoms with Crippen LogP contribution in [-0.2, 0) is 17.0 Å². The smallest absolute Gasteiger partial charge is 0.371 e. The van der Waals surface area contributed by atoms with Gasteiger partial charge in [-0.3, -0.25) is 4.79 Å². The van der Waals surface area contributed by atoms with Crippen LogP contribution >= 0.6 is 11.8 Å². The van der Waals surface area contributed by atoms with E-state index < -0.39 is 17.2 Å². The topological polar surface area (TPSA) is 87.7 Å². The van der Waals surface area contributed by atoms with Crippen LogP contribution in [0.3, 0.4) is 0 Å². The predicted octanol–water partition coefficient (Wildman–Crippen LogP) is 2.91. The molecule has 0 radical (unpaired) electrons. The first-order valence-corrected chi connectivity index (χ1v) is 7.31. The standard InChI is InChI=1S/C15H14O5S/c16-14(17)12-7-6-11(20-12)9-21-13(15(18)19)8-10-4-2-1-3-5-10/h1-7,13H,8-9H2,(H,16,17)(H,18,19). The number of furan rings is 1. The molecule has 21 heavy (non-hydrogen) atoms. The van der Waals surface area contributed by atoms with Gasteiger partial charge in [0.25, 0.3) is 0 Å². The van der Waals surface area contributed by atoms with Crippen LogP contribution in [0.5, 0.6) is 0 Å². The van der Waals surface area contributed by atoms with Crippen molar-refractivity contribution in [1.82, 2.24) is 0 Å². The molecule has 0 bridgehead atoms. The average molecular weight is 306 g/mol. The van der Waals surface area contributed by atoms with Gasteiger partial charge in [-0.1, -0.05) is 30.3 Å². The molecular formula is C15H14O5S. The van der Waals surface area contributed by atoms with Gasteiger partial charge >= 0.3 is 11.9 Å². The fourth-order valence-corrected chi connectivity index (χ4v) is 2.77. The molecule has 0 spiro atoms. The molecule has 110 valence electrons. The first-order valence-electron chi connectivity index (χ1n) is 6.26. The number of carbonyl (C=O) groups is 2. The number of benzene rings is 1. The number of hydrogen-bond donors (Lipinski definition) is 2. The lowest BCUT2D eigenvalue weighted by Crippen LogP contribution is -2.19. The molecule has 0 aliphatic heterocycles. The quantitative estimate of drug-likeness (QED) is 0.817. The van der Waals surface area contributed by atoms with Crippen LogP contribution in [0.15, 0.2) is 46.9 Å². The maximum atomic E-state index is 11.3. The lowest BCUT2D eigenvalue weighted by atomic mass is 10.1. The third-order valence-electron chi connectivity index (χ3n) is 2.84. The van der Waals surface area contributed by atoms with Gasteiger partial charge < -0.3 is 14.6 Å². The van der Waals surface area contributed by atoms with E-state index in [2.05, 4.69) is 0 Å². The van der Waals surface area contributed by atoms with E-state index in [1.54, 1.807) is 6.07 Å². The van der Waals surface area contributed by atoms with Crippen LogP contribution in [-0.4, -0.2) is 27.4 Å². The number of thioether (sulfide) groups is 1. The fourth-order valence-electron chi connectivity index (χ4n) is 1.80. The molecule has 0 amide bonds. The third-order valence-corrected chi connectivity index (χ3v) is 4.06. The molecule has 0 aliphatic carbocycles. The monoisotopic (exact) mass is 306 g/mol. The second kappa shape index (κ2) is 6.99. The van der Waals surface area contributed by atoms with Crippen molar-refractivity contribution in [2.45, 2.75) is 17.4 Å². The molecule has 1 aromatic carbocycles. The van der Waals surface area contributed by atoms with Crippen molar-refractivity contribution in [3.63, 3.8) is 0 Å². The van der Waals surface area contributed by atoms with Crippen LogP contribution in [0.1, 0.15) is 21.9 Å². The summed E-state index contributed by atoms with van der Waals surface area (Å²) in [6, 6.07) is 12.3. The molecule has 1 unspecified atom stereocenters. The highest BCUT2D eigenvalue weighted by Crippen LogP contribution is 2.23. The third kappa shape index (κ3) is 4.39. The molecular weight excluding hydrogens is 292 g/mol. The van der Waals surface area contributed by atoms with Crippen molar-refractivity contribution in [3.8, 4) is 0 Å². The van der Waals surface area contributed by atoms with Gasteiger partial charge in [0, 0.05) is 0 Å². The van der Waals surface area contributed by atoms with Crippen LogP contribution in [0, 0.1) is 0 Å². The Balaban J connectivity index is 1.96. The molecule has 2 N–H and O–H groups in total. The normalized spacial score (nSPS) is 12.0. The maximum absolute atomic E-state index is 11.3. The van der Waals surface area contributed by atoms with Gasteiger partial charge in [0.15, 0.2) is 0 Å². The van der Waals surface area contributed by atoms with Crippen molar-refractivity contribution < 1.29 is 24.2 Å². The lowest BCUT2D eigenvalue weighted by molar-refractivity contribution is -0.136. The summed E-state index contributed by atoms with van der Waals surface area (Å²) >= 11 is 1.22. The Morgan fingerprint density at radius 3 is 2.38 bits per heavy atom. The summed E-state index contributed by atoms with van der Waals surface area (Å²) in [5, 5.41) is 17.4. The van der Waals surface area contributed by atoms with Crippen molar-refractivity contribution in [3.05, 3.63) is 59.5 Å². The van der Waals surface area contributed by atoms with Crippen LogP contribution in [0.4, 0.5) is 0 Å². The van der Waals surface area contributed by atoms with E-state index in [1.807, 2.05) is 30.3 Å². The molecule has 0 fully saturated rings. The molecule has 0 saturated carbocycles. The Kier molecular flexibility index (Phi) is 5.05. The van der Waals surface area contributed by atoms with E-state index in [9.17, 15) is 14.7 Å². The highest BCUT2D eigenvalue weighted by atomic mass is 32.2. The van der Waals surface area contributed by atoms with E-state index in [-0.39, 0.29) is 5.76 Å². The molecule has 1 aromatic heterocycles. The Bertz CT molecular complexity index is 620. The first kappa shape index (κ1) is 15.2. The molecule has 0 saturated heterocycles. The number of hydrogen-bond acceptors (Lipinski definition) is 4. The summed E-state index contributed by atoms with van der Waals surface area (Å²) in [5.41, 5.74) is 0.947. The van der Waals surface area contributed by atoms with Gasteiger partial charge in [-0.2, -0.15) is 0 Å².